The van der Waals surface area contributed by atoms with Gasteiger partial charge in [-0.15, -0.1) is 0 Å². The lowest BCUT2D eigenvalue weighted by molar-refractivity contribution is -0.143. The van der Waals surface area contributed by atoms with E-state index in [2.05, 4.69) is 10.6 Å². The molecule has 36 heavy (non-hydrogen) atoms. The molecule has 1 aliphatic heterocycles. The average Bonchev–Trinajstić information content (AvgIpc) is 3.35. The van der Waals surface area contributed by atoms with Gasteiger partial charge in [0.15, 0.2) is 0 Å². The number of hydrogen-bond donors (Lipinski definition) is 5. The highest BCUT2D eigenvalue weighted by atomic mass is 32.2. The van der Waals surface area contributed by atoms with Crippen LogP contribution in [0, 0.1) is 5.92 Å². The standard InChI is InChI=1S/C25H38N4O6S/c1-4-15(2)21(26)24(33)29-12-5-6-20(29)23(32)27-18(11-13-36-3)22(31)28-19(25(34)35)14-16-7-9-17(30)10-8-16/h7-10,15,18-21,30H,4-6,11-14,26H2,1-3H3,(H,27,32)(H,28,31)(H,34,35). The summed E-state index contributed by atoms with van der Waals surface area (Å²) in [5.41, 5.74) is 6.75. The fourth-order valence-electron chi connectivity index (χ4n) is 4.10. The zero-order chi connectivity index (χ0) is 26.8. The van der Waals surface area contributed by atoms with Crippen LogP contribution in [0.5, 0.6) is 5.75 Å². The van der Waals surface area contributed by atoms with Gasteiger partial charge in [0.1, 0.15) is 23.9 Å². The van der Waals surface area contributed by atoms with Crippen molar-refractivity contribution in [3.8, 4) is 5.75 Å². The van der Waals surface area contributed by atoms with E-state index in [0.29, 0.717) is 37.1 Å². The normalized spacial score (nSPS) is 18.7. The molecule has 0 spiro atoms. The number of phenols is 1. The van der Waals surface area contributed by atoms with Crippen LogP contribution in [-0.2, 0) is 25.6 Å². The van der Waals surface area contributed by atoms with Crippen LogP contribution in [0.4, 0.5) is 0 Å². The maximum absolute atomic E-state index is 13.2. The van der Waals surface area contributed by atoms with Gasteiger partial charge >= 0.3 is 5.97 Å². The topological polar surface area (TPSA) is 162 Å². The van der Waals surface area contributed by atoms with Crippen LogP contribution in [0.3, 0.4) is 0 Å². The third-order valence-corrected chi connectivity index (χ3v) is 7.26. The first-order valence-electron chi connectivity index (χ1n) is 12.2. The van der Waals surface area contributed by atoms with Gasteiger partial charge in [-0.25, -0.2) is 4.79 Å². The Morgan fingerprint density at radius 3 is 2.42 bits per heavy atom. The molecular formula is C25H38N4O6S. The molecule has 0 aromatic heterocycles. The number of nitrogens with two attached hydrogens (primary N) is 1. The molecule has 0 saturated carbocycles. The minimum atomic E-state index is -1.21. The number of carboxylic acids is 1. The van der Waals surface area contributed by atoms with Gasteiger partial charge in [-0.05, 0) is 54.9 Å². The van der Waals surface area contributed by atoms with Crippen LogP contribution in [0.15, 0.2) is 24.3 Å². The Balaban J connectivity index is 2.10. The highest BCUT2D eigenvalue weighted by molar-refractivity contribution is 7.98. The van der Waals surface area contributed by atoms with Crippen molar-refractivity contribution in [1.29, 1.82) is 0 Å². The van der Waals surface area contributed by atoms with Crippen LogP contribution in [0.2, 0.25) is 0 Å². The third kappa shape index (κ3) is 8.12. The molecule has 11 heteroatoms. The number of benzene rings is 1. The molecule has 1 saturated heterocycles. The Kier molecular flexibility index (Phi) is 11.5. The smallest absolute Gasteiger partial charge is 0.326 e. The lowest BCUT2D eigenvalue weighted by Crippen LogP contribution is -2.57. The van der Waals surface area contributed by atoms with Crippen molar-refractivity contribution in [2.75, 3.05) is 18.6 Å². The van der Waals surface area contributed by atoms with E-state index in [9.17, 15) is 29.4 Å². The van der Waals surface area contributed by atoms with Crippen molar-refractivity contribution in [3.05, 3.63) is 29.8 Å². The summed E-state index contributed by atoms with van der Waals surface area (Å²) in [6, 6.07) is 2.47. The number of likely N-dealkylation sites (tertiary alicyclic amines) is 1. The van der Waals surface area contributed by atoms with Crippen LogP contribution in [0.25, 0.3) is 0 Å². The zero-order valence-corrected chi connectivity index (χ0v) is 21.9. The second-order valence-corrected chi connectivity index (χ2v) is 10.2. The molecule has 1 heterocycles. The quantitative estimate of drug-likeness (QED) is 0.257. The summed E-state index contributed by atoms with van der Waals surface area (Å²) in [6.07, 6.45) is 4.06. The summed E-state index contributed by atoms with van der Waals surface area (Å²) in [7, 11) is 0. The van der Waals surface area contributed by atoms with Crippen molar-refractivity contribution in [1.82, 2.24) is 15.5 Å². The van der Waals surface area contributed by atoms with E-state index >= 15 is 0 Å². The van der Waals surface area contributed by atoms with Crippen molar-refractivity contribution < 1.29 is 29.4 Å². The number of nitrogens with zero attached hydrogens (tertiary/aromatic N) is 1. The second-order valence-electron chi connectivity index (χ2n) is 9.21. The summed E-state index contributed by atoms with van der Waals surface area (Å²) in [6.45, 7) is 4.27. The summed E-state index contributed by atoms with van der Waals surface area (Å²) in [5.74, 6) is -1.92. The first-order valence-corrected chi connectivity index (χ1v) is 13.6. The first-order chi connectivity index (χ1) is 17.1. The molecule has 1 aromatic carbocycles. The molecule has 6 N–H and O–H groups in total. The van der Waals surface area contributed by atoms with Crippen molar-refractivity contribution in [2.45, 2.75) is 70.1 Å². The van der Waals surface area contributed by atoms with Gasteiger partial charge in [-0.2, -0.15) is 11.8 Å². The van der Waals surface area contributed by atoms with E-state index in [1.807, 2.05) is 20.1 Å². The molecule has 200 valence electrons. The lowest BCUT2D eigenvalue weighted by Gasteiger charge is -2.30. The maximum Gasteiger partial charge on any atom is 0.326 e. The number of rotatable bonds is 13. The van der Waals surface area contributed by atoms with Gasteiger partial charge in [0.05, 0.1) is 6.04 Å². The van der Waals surface area contributed by atoms with Crippen molar-refractivity contribution in [2.24, 2.45) is 11.7 Å². The number of aromatic hydroxyl groups is 1. The van der Waals surface area contributed by atoms with E-state index in [1.54, 1.807) is 12.1 Å². The fraction of sp³-hybridized carbons (Fsp3) is 0.600. The summed E-state index contributed by atoms with van der Waals surface area (Å²) in [5, 5.41) is 24.4. The fourth-order valence-corrected chi connectivity index (χ4v) is 4.58. The molecular weight excluding hydrogens is 484 g/mol. The predicted octanol–water partition coefficient (Wildman–Crippen LogP) is 1.11. The average molecular weight is 523 g/mol. The molecule has 5 atom stereocenters. The number of aliphatic carboxylic acids is 1. The molecule has 2 rings (SSSR count). The summed E-state index contributed by atoms with van der Waals surface area (Å²) in [4.78, 5) is 52.5. The number of amides is 3. The van der Waals surface area contributed by atoms with E-state index in [-0.39, 0.29) is 24.0 Å². The van der Waals surface area contributed by atoms with Crippen molar-refractivity contribution >= 4 is 35.5 Å². The van der Waals surface area contributed by atoms with E-state index in [4.69, 9.17) is 5.73 Å². The number of carboxylic acid groups (broad SMARTS) is 1. The van der Waals surface area contributed by atoms with Crippen LogP contribution in [-0.4, -0.2) is 81.5 Å². The lowest BCUT2D eigenvalue weighted by atomic mass is 9.98. The largest absolute Gasteiger partial charge is 0.508 e. The number of thioether (sulfide) groups is 1. The second kappa shape index (κ2) is 14.1. The van der Waals surface area contributed by atoms with Gasteiger partial charge in [0, 0.05) is 13.0 Å². The van der Waals surface area contributed by atoms with E-state index in [1.165, 1.54) is 28.8 Å². The Bertz CT molecular complexity index is 912. The minimum absolute atomic E-state index is 0.0168. The first kappa shape index (κ1) is 29.4. The summed E-state index contributed by atoms with van der Waals surface area (Å²) < 4.78 is 0. The Morgan fingerprint density at radius 1 is 1.17 bits per heavy atom. The number of nitrogens with one attached hydrogen (secondary N) is 2. The molecule has 0 bridgehead atoms. The SMILES string of the molecule is CCC(C)C(N)C(=O)N1CCCC1C(=O)NC(CCSC)C(=O)NC(Cc1ccc(O)cc1)C(=O)O. The van der Waals surface area contributed by atoms with Crippen LogP contribution >= 0.6 is 11.8 Å². The number of phenolic OH excluding ortho intramolecular Hbond substituents is 1. The Morgan fingerprint density at radius 2 is 1.83 bits per heavy atom. The highest BCUT2D eigenvalue weighted by Crippen LogP contribution is 2.21. The van der Waals surface area contributed by atoms with Crippen LogP contribution in [0.1, 0.15) is 45.1 Å². The number of carbonyl (C=O) groups is 4. The van der Waals surface area contributed by atoms with Crippen LogP contribution < -0.4 is 16.4 Å². The monoisotopic (exact) mass is 522 g/mol. The van der Waals surface area contributed by atoms with E-state index < -0.39 is 42.0 Å². The van der Waals surface area contributed by atoms with Crippen molar-refractivity contribution in [3.63, 3.8) is 0 Å². The van der Waals surface area contributed by atoms with E-state index in [0.717, 1.165) is 6.42 Å². The molecule has 5 unspecified atom stereocenters. The molecule has 1 aliphatic rings. The van der Waals surface area contributed by atoms with Gasteiger partial charge in [0.25, 0.3) is 0 Å². The molecule has 1 aromatic rings. The Labute approximate surface area is 216 Å². The van der Waals surface area contributed by atoms with Gasteiger partial charge in [0.2, 0.25) is 17.7 Å². The molecule has 3 amide bonds. The zero-order valence-electron chi connectivity index (χ0n) is 21.1. The molecule has 0 aliphatic carbocycles. The molecule has 1 fully saturated rings. The Hall–Kier alpha value is -2.79. The molecule has 0 radical (unpaired) electrons. The highest BCUT2D eigenvalue weighted by Gasteiger charge is 2.38. The van der Waals surface area contributed by atoms with Gasteiger partial charge in [-0.3, -0.25) is 14.4 Å². The predicted molar refractivity (Wildman–Crippen MR) is 138 cm³/mol. The maximum atomic E-state index is 13.2. The molecule has 10 nitrogen and oxygen atoms in total. The number of hydrogen-bond acceptors (Lipinski definition) is 7. The van der Waals surface area contributed by atoms with Gasteiger partial charge in [-0.1, -0.05) is 32.4 Å². The third-order valence-electron chi connectivity index (χ3n) is 6.62. The minimum Gasteiger partial charge on any atom is -0.508 e. The summed E-state index contributed by atoms with van der Waals surface area (Å²) >= 11 is 1.50. The van der Waals surface area contributed by atoms with Gasteiger partial charge < -0.3 is 31.5 Å². The number of carbonyl (C=O) groups excluding carboxylic acids is 3.